The summed E-state index contributed by atoms with van der Waals surface area (Å²) in [5.74, 6) is -0.917. The van der Waals surface area contributed by atoms with E-state index in [0.29, 0.717) is 69.4 Å². The van der Waals surface area contributed by atoms with Crippen molar-refractivity contribution in [1.29, 1.82) is 5.26 Å². The predicted octanol–water partition coefficient (Wildman–Crippen LogP) is 8.69. The van der Waals surface area contributed by atoms with Crippen molar-refractivity contribution in [3.8, 4) is 22.3 Å². The summed E-state index contributed by atoms with van der Waals surface area (Å²) in [5, 5.41) is 15.1. The first-order valence-electron chi connectivity index (χ1n) is 23.6. The number of amides is 4. The van der Waals surface area contributed by atoms with E-state index >= 15 is 0 Å². The lowest BCUT2D eigenvalue weighted by molar-refractivity contribution is -0.144. The average molecular weight is 1020 g/mol. The number of carbonyl (C=O) groups is 4. The smallest absolute Gasteiger partial charge is 0.417 e. The largest absolute Gasteiger partial charge is 0.494 e. The number of aromatic nitrogens is 2. The van der Waals surface area contributed by atoms with Crippen molar-refractivity contribution in [1.82, 2.24) is 25.5 Å². The first-order valence-corrected chi connectivity index (χ1v) is 24.9. The molecule has 0 bridgehead atoms. The van der Waals surface area contributed by atoms with E-state index in [0.717, 1.165) is 52.4 Å². The van der Waals surface area contributed by atoms with Crippen LogP contribution in [-0.2, 0) is 34.8 Å². The summed E-state index contributed by atoms with van der Waals surface area (Å²) in [5.41, 5.74) is 1.32. The SMILES string of the molecule is Cc1ncsc1-c1ccc([C@H](C)NC(=O)[C@@H]2CCCN2C(=O)C(NC(=O)COCCCOCCCCCOc2ccc(N3C(=S)N(c4ccc(C#N)c(C(F)(F)F)c4)C(=O)C3(C)C)cc2)C(C)(C)C)nc1. The summed E-state index contributed by atoms with van der Waals surface area (Å²) in [6, 6.07) is 13.5. The summed E-state index contributed by atoms with van der Waals surface area (Å²) in [6.45, 7) is 14.6. The fraction of sp³-hybridized carbons (Fsp3) is 0.490. The van der Waals surface area contributed by atoms with E-state index in [-0.39, 0.29) is 35.3 Å². The Balaban J connectivity index is 0.849. The molecule has 2 N–H and O–H groups in total. The third-order valence-electron chi connectivity index (χ3n) is 12.3. The fourth-order valence-electron chi connectivity index (χ4n) is 8.43. The maximum Gasteiger partial charge on any atom is 0.417 e. The minimum atomic E-state index is -4.80. The lowest BCUT2D eigenvalue weighted by Gasteiger charge is -2.35. The number of anilines is 2. The minimum absolute atomic E-state index is 0.00538. The summed E-state index contributed by atoms with van der Waals surface area (Å²) in [6.07, 6.45) is 1.16. The number of aryl methyl sites for hydroxylation is 1. The molecule has 71 heavy (non-hydrogen) atoms. The number of halogens is 3. The Morgan fingerprint density at radius 1 is 0.944 bits per heavy atom. The van der Waals surface area contributed by atoms with Gasteiger partial charge in [0, 0.05) is 43.8 Å². The van der Waals surface area contributed by atoms with Crippen molar-refractivity contribution >= 4 is 63.7 Å². The first kappa shape index (κ1) is 54.3. The van der Waals surface area contributed by atoms with Crippen molar-refractivity contribution in [2.45, 2.75) is 117 Å². The highest BCUT2D eigenvalue weighted by Gasteiger charge is 2.51. The van der Waals surface area contributed by atoms with Gasteiger partial charge in [-0.3, -0.25) is 29.1 Å². The molecule has 4 aromatic rings. The maximum atomic E-state index is 14.0. The topological polar surface area (TPSA) is 179 Å². The summed E-state index contributed by atoms with van der Waals surface area (Å²) in [7, 11) is 0. The molecule has 4 amide bonds. The number of rotatable bonds is 21. The molecule has 2 fully saturated rings. The average Bonchev–Trinajstić information content (AvgIpc) is 4.04. The molecule has 2 aliphatic heterocycles. The van der Waals surface area contributed by atoms with Crippen molar-refractivity contribution in [3.63, 3.8) is 0 Å². The third-order valence-corrected chi connectivity index (χ3v) is 13.7. The zero-order valence-electron chi connectivity index (χ0n) is 41.1. The molecule has 20 heteroatoms. The number of carbonyl (C=O) groups excluding carboxylic acids is 4. The normalized spacial score (nSPS) is 16.7. The van der Waals surface area contributed by atoms with Gasteiger partial charge in [-0.15, -0.1) is 11.3 Å². The number of thiocarbonyl (C=S) groups is 1. The highest BCUT2D eigenvalue weighted by molar-refractivity contribution is 7.81. The molecular formula is C51H61F3N8O7S2. The molecule has 1 unspecified atom stereocenters. The van der Waals surface area contributed by atoms with Crippen LogP contribution in [0.2, 0.25) is 0 Å². The zero-order valence-corrected chi connectivity index (χ0v) is 42.7. The molecular weight excluding hydrogens is 958 g/mol. The first-order chi connectivity index (χ1) is 33.6. The fourth-order valence-corrected chi connectivity index (χ4v) is 9.75. The number of ether oxygens (including phenoxy) is 3. The Kier molecular flexibility index (Phi) is 18.0. The van der Waals surface area contributed by atoms with Crippen LogP contribution in [0.15, 0.2) is 66.3 Å². The van der Waals surface area contributed by atoms with Gasteiger partial charge >= 0.3 is 6.18 Å². The van der Waals surface area contributed by atoms with Crippen LogP contribution in [-0.4, -0.2) is 101 Å². The predicted molar refractivity (Wildman–Crippen MR) is 268 cm³/mol. The van der Waals surface area contributed by atoms with Gasteiger partial charge in [0.15, 0.2) is 5.11 Å². The molecule has 2 aliphatic rings. The molecule has 0 radical (unpaired) electrons. The van der Waals surface area contributed by atoms with Gasteiger partial charge < -0.3 is 34.6 Å². The van der Waals surface area contributed by atoms with Crippen LogP contribution in [0.5, 0.6) is 5.75 Å². The van der Waals surface area contributed by atoms with Gasteiger partial charge in [-0.05, 0) is 132 Å². The molecule has 2 saturated heterocycles. The molecule has 380 valence electrons. The van der Waals surface area contributed by atoms with E-state index in [2.05, 4.69) is 20.6 Å². The third kappa shape index (κ3) is 13.3. The van der Waals surface area contributed by atoms with Crippen LogP contribution in [0.25, 0.3) is 10.4 Å². The highest BCUT2D eigenvalue weighted by atomic mass is 32.1. The van der Waals surface area contributed by atoms with Crippen LogP contribution >= 0.6 is 23.6 Å². The molecule has 0 saturated carbocycles. The molecule has 3 atom stereocenters. The Hall–Kier alpha value is -6.01. The Labute approximate surface area is 422 Å². The van der Waals surface area contributed by atoms with Gasteiger partial charge in [0.05, 0.1) is 57.3 Å². The van der Waals surface area contributed by atoms with E-state index < -0.39 is 52.2 Å². The van der Waals surface area contributed by atoms with Crippen LogP contribution in [0.1, 0.15) is 109 Å². The van der Waals surface area contributed by atoms with E-state index in [1.807, 2.05) is 46.8 Å². The van der Waals surface area contributed by atoms with E-state index in [1.54, 1.807) is 77.0 Å². The Bertz CT molecular complexity index is 2580. The summed E-state index contributed by atoms with van der Waals surface area (Å²) in [4.78, 5) is 68.2. The monoisotopic (exact) mass is 1020 g/mol. The number of nitrogens with one attached hydrogen (secondary N) is 2. The molecule has 6 rings (SSSR count). The standard InChI is InChI=1S/C51H61F3N8O7S2/c1-32(40-21-15-35(29-56-40)43-33(2)57-31-71-43)58-45(64)41-13-11-22-60(41)46(65)44(49(3,4)5)59-42(63)30-68-25-12-24-67-23-9-8-10-26-69-38-19-17-36(18-20-38)62-48(70)61(47(66)50(62,6)7)37-16-14-34(28-55)39(27-37)51(52,53)54/h14-21,27,29,31-32,41,44H,8-13,22-26,30H2,1-7H3,(H,58,64)(H,59,63)/t32-,41-,44?/m0/s1. The van der Waals surface area contributed by atoms with E-state index in [9.17, 15) is 37.6 Å². The number of hydrogen-bond acceptors (Lipinski definition) is 12. The number of thiazole rings is 1. The second kappa shape index (κ2) is 23.5. The number of hydrogen-bond donors (Lipinski definition) is 2. The van der Waals surface area contributed by atoms with Crippen LogP contribution < -0.4 is 25.2 Å². The van der Waals surface area contributed by atoms with E-state index in [1.165, 1.54) is 6.07 Å². The van der Waals surface area contributed by atoms with Crippen molar-refractivity contribution in [2.75, 3.05) is 49.4 Å². The number of unbranched alkanes of at least 4 members (excludes halogenated alkanes) is 2. The van der Waals surface area contributed by atoms with Crippen molar-refractivity contribution < 1.29 is 46.6 Å². The van der Waals surface area contributed by atoms with Gasteiger partial charge in [-0.2, -0.15) is 18.4 Å². The second-order valence-electron chi connectivity index (χ2n) is 19.1. The minimum Gasteiger partial charge on any atom is -0.494 e. The van der Waals surface area contributed by atoms with Gasteiger partial charge in [0.1, 0.15) is 30.0 Å². The lowest BCUT2D eigenvalue weighted by atomic mass is 9.85. The second-order valence-corrected chi connectivity index (χ2v) is 20.3. The number of benzene rings is 2. The highest BCUT2D eigenvalue weighted by Crippen LogP contribution is 2.40. The zero-order chi connectivity index (χ0) is 51.7. The number of nitrogens with zero attached hydrogens (tertiary/aromatic N) is 6. The molecule has 0 aliphatic carbocycles. The van der Waals surface area contributed by atoms with Crippen LogP contribution in [0.3, 0.4) is 0 Å². The molecule has 4 heterocycles. The van der Waals surface area contributed by atoms with Gasteiger partial charge in [0.25, 0.3) is 5.91 Å². The summed E-state index contributed by atoms with van der Waals surface area (Å²) < 4.78 is 58.4. The van der Waals surface area contributed by atoms with Crippen molar-refractivity contribution in [3.05, 3.63) is 88.8 Å². The van der Waals surface area contributed by atoms with Gasteiger partial charge in [-0.1, -0.05) is 26.8 Å². The van der Waals surface area contributed by atoms with Gasteiger partial charge in [0.2, 0.25) is 17.7 Å². The number of likely N-dealkylation sites (tertiary alicyclic amines) is 1. The lowest BCUT2D eigenvalue weighted by Crippen LogP contribution is -2.58. The number of alkyl halides is 3. The quantitative estimate of drug-likeness (QED) is 0.0600. The van der Waals surface area contributed by atoms with Crippen LogP contribution in [0.4, 0.5) is 24.5 Å². The summed E-state index contributed by atoms with van der Waals surface area (Å²) >= 11 is 7.17. The molecule has 2 aromatic heterocycles. The Morgan fingerprint density at radius 2 is 1.63 bits per heavy atom. The molecule has 2 aromatic carbocycles. The Morgan fingerprint density at radius 3 is 2.28 bits per heavy atom. The number of nitriles is 1. The molecule has 0 spiro atoms. The van der Waals surface area contributed by atoms with Crippen molar-refractivity contribution in [2.24, 2.45) is 5.41 Å². The van der Waals surface area contributed by atoms with Gasteiger partial charge in [-0.25, -0.2) is 4.98 Å². The van der Waals surface area contributed by atoms with Crippen LogP contribution in [0, 0.1) is 23.7 Å². The molecule has 15 nitrogen and oxygen atoms in total. The number of pyridine rings is 1. The maximum absolute atomic E-state index is 14.0. The van der Waals surface area contributed by atoms with E-state index in [4.69, 9.17) is 26.4 Å².